The summed E-state index contributed by atoms with van der Waals surface area (Å²) in [4.78, 5) is 26.1. The number of aliphatic carboxylic acids is 1. The topological polar surface area (TPSA) is 88.5 Å². The van der Waals surface area contributed by atoms with E-state index in [9.17, 15) is 9.59 Å². The van der Waals surface area contributed by atoms with Crippen LogP contribution in [0.1, 0.15) is 12.1 Å². The van der Waals surface area contributed by atoms with Crippen molar-refractivity contribution in [2.75, 3.05) is 13.7 Å². The van der Waals surface area contributed by atoms with E-state index in [1.165, 1.54) is 7.11 Å². The quantitative estimate of drug-likeness (QED) is 0.725. The summed E-state index contributed by atoms with van der Waals surface area (Å²) in [5.74, 6) is -1.16. The predicted octanol–water partition coefficient (Wildman–Crippen LogP) is 0.230. The highest BCUT2D eigenvalue weighted by Crippen LogP contribution is 1.97. The molecule has 1 aromatic rings. The van der Waals surface area contributed by atoms with Gasteiger partial charge in [-0.05, 0) is 12.1 Å². The van der Waals surface area contributed by atoms with E-state index in [0.717, 1.165) is 0 Å². The molecule has 1 amide bonds. The Balaban J connectivity index is 2.34. The number of hydrogen-bond donors (Lipinski definition) is 2. The van der Waals surface area contributed by atoms with Gasteiger partial charge in [-0.15, -0.1) is 0 Å². The highest BCUT2D eigenvalue weighted by molar-refractivity contribution is 5.78. The molecule has 18 heavy (non-hydrogen) atoms. The van der Waals surface area contributed by atoms with Crippen LogP contribution in [-0.2, 0) is 20.7 Å². The fourth-order valence-electron chi connectivity index (χ4n) is 1.39. The first kappa shape index (κ1) is 14.1. The fourth-order valence-corrected chi connectivity index (χ4v) is 1.39. The number of carboxylic acids is 1. The monoisotopic (exact) mass is 252 g/mol. The molecule has 0 aliphatic heterocycles. The summed E-state index contributed by atoms with van der Waals surface area (Å²) in [7, 11) is 1.42. The lowest BCUT2D eigenvalue weighted by molar-refractivity contribution is -0.140. The zero-order valence-electron chi connectivity index (χ0n) is 10.1. The number of amides is 1. The second kappa shape index (κ2) is 7.39. The van der Waals surface area contributed by atoms with E-state index in [0.29, 0.717) is 5.69 Å². The summed E-state index contributed by atoms with van der Waals surface area (Å²) in [5.41, 5.74) is 0.669. The van der Waals surface area contributed by atoms with Crippen molar-refractivity contribution in [1.29, 1.82) is 0 Å². The minimum absolute atomic E-state index is 0.139. The van der Waals surface area contributed by atoms with Gasteiger partial charge < -0.3 is 15.2 Å². The molecule has 0 radical (unpaired) electrons. The van der Waals surface area contributed by atoms with Gasteiger partial charge in [0.05, 0.1) is 18.9 Å². The van der Waals surface area contributed by atoms with Crippen LogP contribution in [0.25, 0.3) is 0 Å². The third-order valence-electron chi connectivity index (χ3n) is 2.33. The molecule has 98 valence electrons. The van der Waals surface area contributed by atoms with Crippen molar-refractivity contribution in [3.8, 4) is 0 Å². The van der Waals surface area contributed by atoms with Gasteiger partial charge in [0, 0.05) is 25.5 Å². The molecule has 1 unspecified atom stereocenters. The van der Waals surface area contributed by atoms with Gasteiger partial charge in [-0.25, -0.2) is 0 Å². The Labute approximate surface area is 105 Å². The number of carbonyl (C=O) groups is 2. The van der Waals surface area contributed by atoms with Gasteiger partial charge in [-0.2, -0.15) is 0 Å². The smallest absolute Gasteiger partial charge is 0.306 e. The molecule has 6 heteroatoms. The minimum Gasteiger partial charge on any atom is -0.481 e. The van der Waals surface area contributed by atoms with E-state index in [1.54, 1.807) is 24.4 Å². The maximum absolute atomic E-state index is 11.6. The highest BCUT2D eigenvalue weighted by atomic mass is 16.5. The Bertz CT molecular complexity index is 394. The van der Waals surface area contributed by atoms with Gasteiger partial charge in [0.15, 0.2) is 0 Å². The highest BCUT2D eigenvalue weighted by Gasteiger charge is 2.13. The number of methoxy groups -OCH3 is 1. The Kier molecular flexibility index (Phi) is 5.79. The zero-order valence-corrected chi connectivity index (χ0v) is 10.1. The molecule has 0 fully saturated rings. The molecule has 0 aromatic carbocycles. The van der Waals surface area contributed by atoms with Crippen molar-refractivity contribution in [3.05, 3.63) is 30.1 Å². The fraction of sp³-hybridized carbons (Fsp3) is 0.417. The Hall–Kier alpha value is -1.95. The van der Waals surface area contributed by atoms with Crippen LogP contribution in [-0.4, -0.2) is 41.7 Å². The standard InChI is InChI=1S/C12H16N2O4/c1-18-10(7-12(16)17)8-14-11(15)6-9-4-2-3-5-13-9/h2-5,10H,6-8H2,1H3,(H,14,15)(H,16,17). The molecule has 1 heterocycles. The molecule has 0 bridgehead atoms. The van der Waals surface area contributed by atoms with Gasteiger partial charge in [-0.3, -0.25) is 14.6 Å². The van der Waals surface area contributed by atoms with Gasteiger partial charge in [-0.1, -0.05) is 6.07 Å². The Morgan fingerprint density at radius 1 is 1.50 bits per heavy atom. The summed E-state index contributed by atoms with van der Waals surface area (Å²) in [5, 5.41) is 11.2. The second-order valence-electron chi connectivity index (χ2n) is 3.76. The molecule has 1 atom stereocenters. The zero-order chi connectivity index (χ0) is 13.4. The van der Waals surface area contributed by atoms with Gasteiger partial charge in [0.25, 0.3) is 0 Å². The number of pyridine rings is 1. The summed E-state index contributed by atoms with van der Waals surface area (Å²) in [6.07, 6.45) is 1.13. The van der Waals surface area contributed by atoms with Crippen LogP contribution in [0.15, 0.2) is 24.4 Å². The lowest BCUT2D eigenvalue weighted by Crippen LogP contribution is -2.35. The first-order chi connectivity index (χ1) is 8.61. The molecule has 6 nitrogen and oxygen atoms in total. The summed E-state index contributed by atoms with van der Waals surface area (Å²) in [6.45, 7) is 0.175. The SMILES string of the molecule is COC(CNC(=O)Cc1ccccn1)CC(=O)O. The number of carboxylic acid groups (broad SMARTS) is 1. The third-order valence-corrected chi connectivity index (χ3v) is 2.33. The van der Waals surface area contributed by atoms with E-state index in [-0.39, 0.29) is 25.3 Å². The van der Waals surface area contributed by atoms with Crippen LogP contribution in [0.5, 0.6) is 0 Å². The van der Waals surface area contributed by atoms with E-state index in [2.05, 4.69) is 10.3 Å². The number of hydrogen-bond acceptors (Lipinski definition) is 4. The third kappa shape index (κ3) is 5.40. The molecule has 0 aliphatic rings. The number of aromatic nitrogens is 1. The summed E-state index contributed by atoms with van der Waals surface area (Å²) < 4.78 is 4.95. The summed E-state index contributed by atoms with van der Waals surface area (Å²) >= 11 is 0. The van der Waals surface area contributed by atoms with Crippen LogP contribution in [0.4, 0.5) is 0 Å². The molecular formula is C12H16N2O4. The minimum atomic E-state index is -0.958. The molecule has 2 N–H and O–H groups in total. The molecule has 0 saturated heterocycles. The van der Waals surface area contributed by atoms with E-state index in [1.807, 2.05) is 0 Å². The van der Waals surface area contributed by atoms with Gasteiger partial charge in [0.2, 0.25) is 5.91 Å². The number of rotatable bonds is 7. The maximum atomic E-state index is 11.6. The number of carbonyl (C=O) groups excluding carboxylic acids is 1. The molecule has 0 aliphatic carbocycles. The normalized spacial score (nSPS) is 11.8. The lowest BCUT2D eigenvalue weighted by Gasteiger charge is -2.13. The average molecular weight is 252 g/mol. The van der Waals surface area contributed by atoms with Crippen molar-refractivity contribution in [2.45, 2.75) is 18.9 Å². The largest absolute Gasteiger partial charge is 0.481 e. The van der Waals surface area contributed by atoms with Crippen molar-refractivity contribution >= 4 is 11.9 Å². The first-order valence-electron chi connectivity index (χ1n) is 5.53. The van der Waals surface area contributed by atoms with Crippen molar-refractivity contribution in [3.63, 3.8) is 0 Å². The lowest BCUT2D eigenvalue weighted by atomic mass is 10.2. The number of ether oxygens (including phenoxy) is 1. The molecule has 0 saturated carbocycles. The average Bonchev–Trinajstić information content (AvgIpc) is 2.35. The van der Waals surface area contributed by atoms with Crippen LogP contribution in [0.2, 0.25) is 0 Å². The molecule has 0 spiro atoms. The van der Waals surface area contributed by atoms with E-state index >= 15 is 0 Å². The van der Waals surface area contributed by atoms with Crippen LogP contribution in [0.3, 0.4) is 0 Å². The van der Waals surface area contributed by atoms with Crippen LogP contribution >= 0.6 is 0 Å². The summed E-state index contributed by atoms with van der Waals surface area (Å²) in [6, 6.07) is 5.33. The number of nitrogens with one attached hydrogen (secondary N) is 1. The molecule has 1 rings (SSSR count). The Morgan fingerprint density at radius 2 is 2.28 bits per heavy atom. The van der Waals surface area contributed by atoms with E-state index < -0.39 is 12.1 Å². The van der Waals surface area contributed by atoms with Crippen LogP contribution in [0, 0.1) is 0 Å². The van der Waals surface area contributed by atoms with Crippen molar-refractivity contribution in [1.82, 2.24) is 10.3 Å². The van der Waals surface area contributed by atoms with E-state index in [4.69, 9.17) is 9.84 Å². The van der Waals surface area contributed by atoms with Gasteiger partial charge >= 0.3 is 5.97 Å². The van der Waals surface area contributed by atoms with Crippen molar-refractivity contribution < 1.29 is 19.4 Å². The first-order valence-corrected chi connectivity index (χ1v) is 5.53. The maximum Gasteiger partial charge on any atom is 0.306 e. The van der Waals surface area contributed by atoms with Crippen molar-refractivity contribution in [2.24, 2.45) is 0 Å². The Morgan fingerprint density at radius 3 is 2.83 bits per heavy atom. The molecule has 1 aromatic heterocycles. The van der Waals surface area contributed by atoms with Crippen LogP contribution < -0.4 is 5.32 Å². The van der Waals surface area contributed by atoms with Gasteiger partial charge in [0.1, 0.15) is 0 Å². The molecular weight excluding hydrogens is 236 g/mol. The second-order valence-corrected chi connectivity index (χ2v) is 3.76. The predicted molar refractivity (Wildman–Crippen MR) is 64.0 cm³/mol. The number of nitrogens with zero attached hydrogens (tertiary/aromatic N) is 1.